The number of amides is 1. The van der Waals surface area contributed by atoms with Crippen LogP contribution in [0.1, 0.15) is 6.92 Å². The van der Waals surface area contributed by atoms with Crippen LogP contribution >= 0.6 is 0 Å². The van der Waals surface area contributed by atoms with Crippen molar-refractivity contribution < 1.29 is 4.79 Å². The Balaban J connectivity index is 2.38. The van der Waals surface area contributed by atoms with E-state index in [-0.39, 0.29) is 5.91 Å². The van der Waals surface area contributed by atoms with Crippen LogP contribution in [0.3, 0.4) is 0 Å². The molecular formula is C9H19N3O. The zero-order valence-electron chi connectivity index (χ0n) is 8.71. The van der Waals surface area contributed by atoms with Crippen molar-refractivity contribution in [3.8, 4) is 0 Å². The quantitative estimate of drug-likeness (QED) is 0.622. The molecular weight excluding hydrogens is 166 g/mol. The van der Waals surface area contributed by atoms with E-state index in [1.165, 1.54) is 0 Å². The third-order valence-corrected chi connectivity index (χ3v) is 2.59. The van der Waals surface area contributed by atoms with Crippen molar-refractivity contribution >= 4 is 5.91 Å². The highest BCUT2D eigenvalue weighted by atomic mass is 16.1. The molecule has 0 aromatic carbocycles. The lowest BCUT2D eigenvalue weighted by atomic mass is 10.2. The number of nitrogens with one attached hydrogen (secondary N) is 1. The Morgan fingerprint density at radius 1 is 1.54 bits per heavy atom. The summed E-state index contributed by atoms with van der Waals surface area (Å²) in [6, 6.07) is 0.482. The predicted molar refractivity (Wildman–Crippen MR) is 52.6 cm³/mol. The standard InChI is InChI=1S/C9H19N3O/c1-8-6-11(3)4-5-12(8)7-9(13)10-2/h8H,4-7H2,1-3H3,(H,10,13). The Kier molecular flexibility index (Phi) is 3.69. The summed E-state index contributed by atoms with van der Waals surface area (Å²) in [6.45, 7) is 5.80. The largest absolute Gasteiger partial charge is 0.358 e. The third kappa shape index (κ3) is 2.97. The van der Waals surface area contributed by atoms with Gasteiger partial charge >= 0.3 is 0 Å². The summed E-state index contributed by atoms with van der Waals surface area (Å²) in [4.78, 5) is 15.7. The maximum absolute atomic E-state index is 11.1. The minimum atomic E-state index is 0.108. The van der Waals surface area contributed by atoms with Crippen molar-refractivity contribution in [2.24, 2.45) is 0 Å². The van der Waals surface area contributed by atoms with Crippen LogP contribution in [-0.2, 0) is 4.79 Å². The Labute approximate surface area is 79.9 Å². The van der Waals surface area contributed by atoms with Crippen LogP contribution in [0.4, 0.5) is 0 Å². The molecule has 76 valence electrons. The molecule has 1 atom stereocenters. The first-order valence-corrected chi connectivity index (χ1v) is 4.76. The molecule has 0 spiro atoms. The van der Waals surface area contributed by atoms with Gasteiger partial charge in [-0.15, -0.1) is 0 Å². The Bertz CT molecular complexity index is 184. The summed E-state index contributed by atoms with van der Waals surface area (Å²) in [6.07, 6.45) is 0. The lowest BCUT2D eigenvalue weighted by molar-refractivity contribution is -0.122. The molecule has 13 heavy (non-hydrogen) atoms. The molecule has 1 N–H and O–H groups in total. The van der Waals surface area contributed by atoms with Crippen molar-refractivity contribution in [2.75, 3.05) is 40.3 Å². The molecule has 4 nitrogen and oxygen atoms in total. The number of carbonyl (C=O) groups excluding carboxylic acids is 1. The van der Waals surface area contributed by atoms with Gasteiger partial charge in [0.15, 0.2) is 0 Å². The maximum atomic E-state index is 11.1. The highest BCUT2D eigenvalue weighted by molar-refractivity contribution is 5.77. The SMILES string of the molecule is CNC(=O)CN1CCN(C)CC1C. The molecule has 1 aliphatic heterocycles. The average molecular weight is 185 g/mol. The topological polar surface area (TPSA) is 35.6 Å². The highest BCUT2D eigenvalue weighted by Crippen LogP contribution is 2.06. The van der Waals surface area contributed by atoms with Crippen molar-refractivity contribution in [3.63, 3.8) is 0 Å². The molecule has 1 heterocycles. The van der Waals surface area contributed by atoms with Gasteiger partial charge in [0.05, 0.1) is 6.54 Å². The molecule has 0 aromatic rings. The minimum absolute atomic E-state index is 0.108. The van der Waals surface area contributed by atoms with E-state index in [1.54, 1.807) is 7.05 Å². The number of piperazine rings is 1. The smallest absolute Gasteiger partial charge is 0.233 e. The zero-order valence-corrected chi connectivity index (χ0v) is 8.71. The van der Waals surface area contributed by atoms with Gasteiger partial charge in [-0.25, -0.2) is 0 Å². The van der Waals surface area contributed by atoms with Crippen LogP contribution in [0.15, 0.2) is 0 Å². The highest BCUT2D eigenvalue weighted by Gasteiger charge is 2.22. The predicted octanol–water partition coefficient (Wildman–Crippen LogP) is -0.632. The summed E-state index contributed by atoms with van der Waals surface area (Å²) >= 11 is 0. The van der Waals surface area contributed by atoms with Crippen LogP contribution in [0.2, 0.25) is 0 Å². The van der Waals surface area contributed by atoms with E-state index >= 15 is 0 Å². The van der Waals surface area contributed by atoms with Gasteiger partial charge in [0.1, 0.15) is 0 Å². The molecule has 0 saturated carbocycles. The number of carbonyl (C=O) groups is 1. The first-order chi connectivity index (χ1) is 6.13. The number of hydrogen-bond donors (Lipinski definition) is 1. The zero-order chi connectivity index (χ0) is 9.84. The van der Waals surface area contributed by atoms with E-state index in [1.807, 2.05) is 0 Å². The van der Waals surface area contributed by atoms with Crippen LogP contribution < -0.4 is 5.32 Å². The van der Waals surface area contributed by atoms with Gasteiger partial charge in [0, 0.05) is 32.7 Å². The fourth-order valence-electron chi connectivity index (χ4n) is 1.68. The first-order valence-electron chi connectivity index (χ1n) is 4.76. The van der Waals surface area contributed by atoms with E-state index in [9.17, 15) is 4.79 Å². The number of hydrogen-bond acceptors (Lipinski definition) is 3. The molecule has 4 heteroatoms. The molecule has 1 unspecified atom stereocenters. The second-order valence-electron chi connectivity index (χ2n) is 3.75. The molecule has 1 amide bonds. The Hall–Kier alpha value is -0.610. The van der Waals surface area contributed by atoms with Gasteiger partial charge in [0.25, 0.3) is 0 Å². The van der Waals surface area contributed by atoms with Gasteiger partial charge < -0.3 is 10.2 Å². The molecule has 0 radical (unpaired) electrons. The molecule has 0 bridgehead atoms. The third-order valence-electron chi connectivity index (χ3n) is 2.59. The van der Waals surface area contributed by atoms with Crippen molar-refractivity contribution in [2.45, 2.75) is 13.0 Å². The molecule has 0 aliphatic carbocycles. The first kappa shape index (κ1) is 10.5. The van der Waals surface area contributed by atoms with Gasteiger partial charge in [-0.05, 0) is 14.0 Å². The fraction of sp³-hybridized carbons (Fsp3) is 0.889. The summed E-state index contributed by atoms with van der Waals surface area (Å²) in [5.74, 6) is 0.108. The molecule has 1 rings (SSSR count). The van der Waals surface area contributed by atoms with Crippen LogP contribution in [0.5, 0.6) is 0 Å². The Morgan fingerprint density at radius 2 is 2.23 bits per heavy atom. The van der Waals surface area contributed by atoms with E-state index in [2.05, 4.69) is 29.1 Å². The minimum Gasteiger partial charge on any atom is -0.358 e. The summed E-state index contributed by atoms with van der Waals surface area (Å²) in [5.41, 5.74) is 0. The molecule has 1 aliphatic rings. The van der Waals surface area contributed by atoms with Crippen LogP contribution in [0.25, 0.3) is 0 Å². The van der Waals surface area contributed by atoms with E-state index in [4.69, 9.17) is 0 Å². The van der Waals surface area contributed by atoms with Crippen molar-refractivity contribution in [1.82, 2.24) is 15.1 Å². The normalized spacial score (nSPS) is 25.9. The van der Waals surface area contributed by atoms with Gasteiger partial charge in [-0.1, -0.05) is 0 Å². The number of nitrogens with zero attached hydrogens (tertiary/aromatic N) is 2. The summed E-state index contributed by atoms with van der Waals surface area (Å²) in [7, 11) is 3.80. The van der Waals surface area contributed by atoms with E-state index in [0.29, 0.717) is 12.6 Å². The van der Waals surface area contributed by atoms with Gasteiger partial charge in [-0.2, -0.15) is 0 Å². The van der Waals surface area contributed by atoms with E-state index in [0.717, 1.165) is 19.6 Å². The number of likely N-dealkylation sites (N-methyl/N-ethyl adjacent to an activating group) is 2. The second kappa shape index (κ2) is 4.58. The molecule has 0 aromatic heterocycles. The van der Waals surface area contributed by atoms with Crippen molar-refractivity contribution in [3.05, 3.63) is 0 Å². The lowest BCUT2D eigenvalue weighted by Crippen LogP contribution is -2.52. The maximum Gasteiger partial charge on any atom is 0.233 e. The van der Waals surface area contributed by atoms with E-state index < -0.39 is 0 Å². The second-order valence-corrected chi connectivity index (χ2v) is 3.75. The Morgan fingerprint density at radius 3 is 2.77 bits per heavy atom. The van der Waals surface area contributed by atoms with Crippen LogP contribution in [-0.4, -0.2) is 62.0 Å². The van der Waals surface area contributed by atoms with Crippen LogP contribution in [0, 0.1) is 0 Å². The van der Waals surface area contributed by atoms with Gasteiger partial charge in [0.2, 0.25) is 5.91 Å². The van der Waals surface area contributed by atoms with Gasteiger partial charge in [-0.3, -0.25) is 9.69 Å². The molecule has 1 fully saturated rings. The fourth-order valence-corrected chi connectivity index (χ4v) is 1.68. The average Bonchev–Trinajstić information content (AvgIpc) is 2.09. The summed E-state index contributed by atoms with van der Waals surface area (Å²) in [5, 5.41) is 2.65. The van der Waals surface area contributed by atoms with Crippen molar-refractivity contribution in [1.29, 1.82) is 0 Å². The number of rotatable bonds is 2. The monoisotopic (exact) mass is 185 g/mol. The summed E-state index contributed by atoms with van der Waals surface area (Å²) < 4.78 is 0. The lowest BCUT2D eigenvalue weighted by Gasteiger charge is -2.37. The molecule has 1 saturated heterocycles.